The number of hydrogen-bond acceptors (Lipinski definition) is 2. The van der Waals surface area contributed by atoms with E-state index in [1.165, 1.54) is 12.1 Å². The van der Waals surface area contributed by atoms with Gasteiger partial charge in [-0.2, -0.15) is 18.3 Å². The third kappa shape index (κ3) is 4.30. The van der Waals surface area contributed by atoms with Crippen molar-refractivity contribution in [3.05, 3.63) is 64.8 Å². The number of fused-ring (bicyclic) bond motifs is 1. The maximum absolute atomic E-state index is 12.7. The van der Waals surface area contributed by atoms with Crippen LogP contribution in [0.15, 0.2) is 42.5 Å². The van der Waals surface area contributed by atoms with Crippen LogP contribution in [0.3, 0.4) is 0 Å². The molecular formula is C20H21F3N2O2. The maximum Gasteiger partial charge on any atom is 0.416 e. The van der Waals surface area contributed by atoms with Gasteiger partial charge >= 0.3 is 12.1 Å². The van der Waals surface area contributed by atoms with Gasteiger partial charge in [-0.1, -0.05) is 38.1 Å². The third-order valence-corrected chi connectivity index (χ3v) is 4.04. The van der Waals surface area contributed by atoms with Crippen LogP contribution in [0.1, 0.15) is 48.0 Å². The quantitative estimate of drug-likeness (QED) is 0.662. The van der Waals surface area contributed by atoms with Crippen molar-refractivity contribution in [3.8, 4) is 0 Å². The summed E-state index contributed by atoms with van der Waals surface area (Å²) in [7, 11) is 0. The van der Waals surface area contributed by atoms with Gasteiger partial charge in [-0.15, -0.1) is 0 Å². The predicted molar refractivity (Wildman–Crippen MR) is 98.0 cm³/mol. The summed E-state index contributed by atoms with van der Waals surface area (Å²) in [5.74, 6) is -1.13. The number of nitrogens with zero attached hydrogens (tertiary/aromatic N) is 2. The van der Waals surface area contributed by atoms with E-state index >= 15 is 0 Å². The Bertz CT molecular complexity index is 929. The van der Waals surface area contributed by atoms with E-state index in [2.05, 4.69) is 5.10 Å². The van der Waals surface area contributed by atoms with E-state index < -0.39 is 17.7 Å². The molecule has 7 heteroatoms. The molecule has 1 N–H and O–H groups in total. The van der Waals surface area contributed by atoms with Crippen LogP contribution in [0.25, 0.3) is 10.9 Å². The van der Waals surface area contributed by atoms with Gasteiger partial charge in [0.1, 0.15) is 0 Å². The van der Waals surface area contributed by atoms with Crippen LogP contribution in [-0.2, 0) is 19.1 Å². The van der Waals surface area contributed by atoms with Gasteiger partial charge in [-0.05, 0) is 42.7 Å². The summed E-state index contributed by atoms with van der Waals surface area (Å²) in [4.78, 5) is 11.5. The van der Waals surface area contributed by atoms with Crippen LogP contribution in [0, 0.1) is 0 Å². The summed E-state index contributed by atoms with van der Waals surface area (Å²) < 4.78 is 39.6. The molecule has 0 aliphatic rings. The molecular weight excluding hydrogens is 357 g/mol. The Morgan fingerprint density at radius 2 is 1.74 bits per heavy atom. The fraction of sp³-hybridized carbons (Fsp3) is 0.300. The zero-order chi connectivity index (χ0) is 20.2. The van der Waals surface area contributed by atoms with Gasteiger partial charge < -0.3 is 5.11 Å². The fourth-order valence-electron chi connectivity index (χ4n) is 2.87. The first-order valence-corrected chi connectivity index (χ1v) is 8.69. The Morgan fingerprint density at radius 1 is 1.11 bits per heavy atom. The Hall–Kier alpha value is -2.83. The Morgan fingerprint density at radius 3 is 2.26 bits per heavy atom. The molecule has 0 saturated carbocycles. The second-order valence-corrected chi connectivity index (χ2v) is 5.65. The summed E-state index contributed by atoms with van der Waals surface area (Å²) in [5, 5.41) is 14.1. The minimum absolute atomic E-state index is 0.0423. The number of carboxylic acid groups (broad SMARTS) is 1. The maximum atomic E-state index is 12.7. The highest BCUT2D eigenvalue weighted by Crippen LogP contribution is 2.30. The van der Waals surface area contributed by atoms with E-state index in [0.29, 0.717) is 35.0 Å². The topological polar surface area (TPSA) is 55.1 Å². The minimum Gasteiger partial charge on any atom is -0.476 e. The van der Waals surface area contributed by atoms with Gasteiger partial charge in [-0.25, -0.2) is 4.79 Å². The van der Waals surface area contributed by atoms with Crippen LogP contribution in [0.4, 0.5) is 13.2 Å². The van der Waals surface area contributed by atoms with E-state index in [-0.39, 0.29) is 5.69 Å². The van der Waals surface area contributed by atoms with Crippen molar-refractivity contribution in [3.63, 3.8) is 0 Å². The lowest BCUT2D eigenvalue weighted by molar-refractivity contribution is -0.137. The number of aromatic carboxylic acids is 1. The van der Waals surface area contributed by atoms with Crippen LogP contribution in [0.5, 0.6) is 0 Å². The van der Waals surface area contributed by atoms with Gasteiger partial charge in [-0.3, -0.25) is 4.68 Å². The summed E-state index contributed by atoms with van der Waals surface area (Å²) in [6.45, 7) is 6.38. The molecule has 0 spiro atoms. The smallest absolute Gasteiger partial charge is 0.416 e. The van der Waals surface area contributed by atoms with Gasteiger partial charge in [0, 0.05) is 11.9 Å². The summed E-state index contributed by atoms with van der Waals surface area (Å²) in [5.41, 5.74) is 1.33. The molecule has 144 valence electrons. The van der Waals surface area contributed by atoms with Gasteiger partial charge in [0.05, 0.1) is 11.1 Å². The van der Waals surface area contributed by atoms with E-state index in [4.69, 9.17) is 0 Å². The number of halogens is 3. The lowest BCUT2D eigenvalue weighted by Gasteiger charge is -2.09. The molecule has 1 heterocycles. The molecule has 0 saturated heterocycles. The number of benzene rings is 2. The first kappa shape index (κ1) is 20.5. The van der Waals surface area contributed by atoms with Crippen molar-refractivity contribution < 1.29 is 23.1 Å². The van der Waals surface area contributed by atoms with Crippen molar-refractivity contribution in [2.24, 2.45) is 0 Å². The highest BCUT2D eigenvalue weighted by Gasteiger charge is 2.30. The number of rotatable bonds is 4. The number of alkyl halides is 3. The van der Waals surface area contributed by atoms with Crippen LogP contribution >= 0.6 is 0 Å². The van der Waals surface area contributed by atoms with Crippen molar-refractivity contribution in [1.82, 2.24) is 9.78 Å². The van der Waals surface area contributed by atoms with Crippen LogP contribution < -0.4 is 0 Å². The van der Waals surface area contributed by atoms with E-state index in [9.17, 15) is 23.1 Å². The Balaban J connectivity index is 0.00000126. The molecule has 3 rings (SSSR count). The number of aromatic nitrogens is 2. The van der Waals surface area contributed by atoms with Gasteiger partial charge in [0.15, 0.2) is 5.69 Å². The standard InChI is InChI=1S/C18H15F3N2O2.C2H6/c1-2-23-14-5-3-4-12(15(14)16(22-23)17(24)25)10-11-6-8-13(9-7-11)18(19,20)21;1-2/h3-9H,2,10H2,1H3,(H,24,25);1-2H3. The van der Waals surface area contributed by atoms with E-state index in [0.717, 1.165) is 12.1 Å². The first-order chi connectivity index (χ1) is 12.8. The molecule has 3 aromatic rings. The first-order valence-electron chi connectivity index (χ1n) is 8.69. The van der Waals surface area contributed by atoms with Crippen molar-refractivity contribution in [2.45, 2.75) is 39.9 Å². The lowest BCUT2D eigenvalue weighted by atomic mass is 9.99. The number of aryl methyl sites for hydroxylation is 1. The zero-order valence-electron chi connectivity index (χ0n) is 15.3. The fourth-order valence-corrected chi connectivity index (χ4v) is 2.87. The summed E-state index contributed by atoms with van der Waals surface area (Å²) >= 11 is 0. The molecule has 0 aliphatic heterocycles. The van der Waals surface area contributed by atoms with Gasteiger partial charge in [0.25, 0.3) is 0 Å². The summed E-state index contributed by atoms with van der Waals surface area (Å²) in [6, 6.07) is 10.2. The zero-order valence-corrected chi connectivity index (χ0v) is 15.3. The van der Waals surface area contributed by atoms with Gasteiger partial charge in [0.2, 0.25) is 0 Å². The molecule has 27 heavy (non-hydrogen) atoms. The lowest BCUT2D eigenvalue weighted by Crippen LogP contribution is -2.04. The molecule has 4 nitrogen and oxygen atoms in total. The van der Waals surface area contributed by atoms with Crippen molar-refractivity contribution >= 4 is 16.9 Å². The molecule has 1 aromatic heterocycles. The SMILES string of the molecule is CC.CCn1nc(C(=O)O)c2c(Cc3ccc(C(F)(F)F)cc3)cccc21. The Labute approximate surface area is 155 Å². The minimum atomic E-state index is -4.38. The molecule has 0 bridgehead atoms. The second-order valence-electron chi connectivity index (χ2n) is 5.65. The van der Waals surface area contributed by atoms with E-state index in [1.807, 2.05) is 20.8 Å². The van der Waals surface area contributed by atoms with Crippen molar-refractivity contribution in [2.75, 3.05) is 0 Å². The molecule has 2 aromatic carbocycles. The Kier molecular flexibility index (Phi) is 6.25. The number of carbonyl (C=O) groups is 1. The molecule has 0 aliphatic carbocycles. The van der Waals surface area contributed by atoms with E-state index in [1.54, 1.807) is 22.9 Å². The third-order valence-electron chi connectivity index (χ3n) is 4.04. The molecule has 0 unspecified atom stereocenters. The molecule has 0 radical (unpaired) electrons. The number of hydrogen-bond donors (Lipinski definition) is 1. The monoisotopic (exact) mass is 378 g/mol. The normalized spacial score (nSPS) is 11.2. The summed E-state index contributed by atoms with van der Waals surface area (Å²) in [6.07, 6.45) is -4.05. The average molecular weight is 378 g/mol. The van der Waals surface area contributed by atoms with Crippen molar-refractivity contribution in [1.29, 1.82) is 0 Å². The van der Waals surface area contributed by atoms with Crippen LogP contribution in [0.2, 0.25) is 0 Å². The largest absolute Gasteiger partial charge is 0.476 e. The molecule has 0 amide bonds. The van der Waals surface area contributed by atoms with Crippen LogP contribution in [-0.4, -0.2) is 20.9 Å². The number of carboxylic acids is 1. The molecule has 0 atom stereocenters. The highest BCUT2D eigenvalue weighted by atomic mass is 19.4. The average Bonchev–Trinajstić information content (AvgIpc) is 3.03. The highest BCUT2D eigenvalue weighted by molar-refractivity contribution is 6.02. The second kappa shape index (κ2) is 8.24. The molecule has 0 fully saturated rings. The predicted octanol–water partition coefficient (Wildman–Crippen LogP) is 5.39.